The van der Waals surface area contributed by atoms with Crippen molar-refractivity contribution < 1.29 is 4.42 Å². The van der Waals surface area contributed by atoms with Gasteiger partial charge in [-0.1, -0.05) is 31.0 Å². The lowest BCUT2D eigenvalue weighted by Gasteiger charge is -2.06. The van der Waals surface area contributed by atoms with E-state index in [-0.39, 0.29) is 5.56 Å². The van der Waals surface area contributed by atoms with E-state index in [0.29, 0.717) is 21.2 Å². The van der Waals surface area contributed by atoms with Gasteiger partial charge in [0.25, 0.3) is 5.56 Å². The van der Waals surface area contributed by atoms with Crippen molar-refractivity contribution >= 4 is 33.3 Å². The smallest absolute Gasteiger partial charge is 0.272 e. The van der Waals surface area contributed by atoms with Crippen LogP contribution in [0.4, 0.5) is 0 Å². The molecule has 0 unspecified atom stereocenters. The van der Waals surface area contributed by atoms with E-state index in [1.54, 1.807) is 24.6 Å². The zero-order valence-electron chi connectivity index (χ0n) is 13.2. The molecule has 1 aromatic carbocycles. The highest BCUT2D eigenvalue weighted by Gasteiger charge is 2.27. The summed E-state index contributed by atoms with van der Waals surface area (Å²) in [5, 5.41) is 1.60. The molecule has 4 rings (SSSR count). The highest BCUT2D eigenvalue weighted by atomic mass is 32.2. The SMILES string of the molecule is C=C/C=C\N=C1Sc2c(ncn(-c3ccc4occc4c3)c2=O)C1=C. The van der Waals surface area contributed by atoms with E-state index in [0.717, 1.165) is 16.7 Å². The van der Waals surface area contributed by atoms with Crippen LogP contribution < -0.4 is 5.56 Å². The number of hydrogen-bond donors (Lipinski definition) is 0. The van der Waals surface area contributed by atoms with Gasteiger partial charge in [-0.3, -0.25) is 9.36 Å². The lowest BCUT2D eigenvalue weighted by Crippen LogP contribution is -2.20. The van der Waals surface area contributed by atoms with Crippen molar-refractivity contribution in [2.45, 2.75) is 4.90 Å². The lowest BCUT2D eigenvalue weighted by atomic mass is 10.2. The fourth-order valence-corrected chi connectivity index (χ4v) is 3.55. The summed E-state index contributed by atoms with van der Waals surface area (Å²) in [6.07, 6.45) is 8.12. The largest absolute Gasteiger partial charge is 0.464 e. The van der Waals surface area contributed by atoms with Crippen molar-refractivity contribution in [3.8, 4) is 5.69 Å². The third-order valence-corrected chi connectivity index (χ3v) is 4.92. The predicted octanol–water partition coefficient (Wildman–Crippen LogP) is 4.20. The van der Waals surface area contributed by atoms with Gasteiger partial charge in [0.05, 0.1) is 17.6 Å². The monoisotopic (exact) mass is 347 g/mol. The zero-order chi connectivity index (χ0) is 17.4. The molecule has 0 bridgehead atoms. The van der Waals surface area contributed by atoms with E-state index in [1.165, 1.54) is 22.7 Å². The number of benzene rings is 1. The molecule has 0 fully saturated rings. The molecule has 0 aliphatic carbocycles. The van der Waals surface area contributed by atoms with E-state index >= 15 is 0 Å². The Hall–Kier alpha value is -3.12. The number of thioether (sulfide) groups is 1. The highest BCUT2D eigenvalue weighted by Crippen LogP contribution is 2.37. The Morgan fingerprint density at radius 1 is 1.32 bits per heavy atom. The van der Waals surface area contributed by atoms with Crippen LogP contribution in [0.3, 0.4) is 0 Å². The molecule has 0 atom stereocenters. The predicted molar refractivity (Wildman–Crippen MR) is 101 cm³/mol. The Balaban J connectivity index is 1.80. The summed E-state index contributed by atoms with van der Waals surface area (Å²) in [5.41, 5.74) is 2.61. The minimum Gasteiger partial charge on any atom is -0.464 e. The molecule has 5 nitrogen and oxygen atoms in total. The van der Waals surface area contributed by atoms with E-state index in [2.05, 4.69) is 23.1 Å². The van der Waals surface area contributed by atoms with Crippen LogP contribution in [0.2, 0.25) is 0 Å². The van der Waals surface area contributed by atoms with Gasteiger partial charge in [0.15, 0.2) is 0 Å². The zero-order valence-corrected chi connectivity index (χ0v) is 14.0. The quantitative estimate of drug-likeness (QED) is 0.666. The van der Waals surface area contributed by atoms with Crippen LogP contribution in [0.5, 0.6) is 0 Å². The van der Waals surface area contributed by atoms with Crippen molar-refractivity contribution in [1.29, 1.82) is 0 Å². The number of allylic oxidation sites excluding steroid dienone is 2. The van der Waals surface area contributed by atoms with Crippen LogP contribution in [0.15, 0.2) is 87.5 Å². The van der Waals surface area contributed by atoms with Gasteiger partial charge in [-0.15, -0.1) is 0 Å². The van der Waals surface area contributed by atoms with Crippen LogP contribution in [0.25, 0.3) is 22.2 Å². The van der Waals surface area contributed by atoms with Crippen LogP contribution in [0, 0.1) is 0 Å². The Bertz CT molecular complexity index is 1140. The van der Waals surface area contributed by atoms with Crippen LogP contribution in [0.1, 0.15) is 5.69 Å². The molecule has 1 aliphatic heterocycles. The van der Waals surface area contributed by atoms with Gasteiger partial charge in [-0.2, -0.15) is 0 Å². The number of rotatable bonds is 3. The third kappa shape index (κ3) is 2.56. The van der Waals surface area contributed by atoms with Gasteiger partial charge in [0, 0.05) is 17.2 Å². The first-order valence-corrected chi connectivity index (χ1v) is 8.33. The van der Waals surface area contributed by atoms with Crippen LogP contribution in [-0.4, -0.2) is 14.6 Å². The number of fused-ring (bicyclic) bond motifs is 2. The standard InChI is InChI=1S/C19H13N3O2S/c1-3-4-8-20-18-12(2)16-17(25-18)19(23)22(11-21-16)14-5-6-15-13(10-14)7-9-24-15/h3-11H,1-2H2/b8-4-,20-18?. The highest BCUT2D eigenvalue weighted by molar-refractivity contribution is 8.15. The van der Waals surface area contributed by atoms with Crippen molar-refractivity contribution in [2.24, 2.45) is 4.99 Å². The molecule has 0 spiro atoms. The van der Waals surface area contributed by atoms with E-state index in [4.69, 9.17) is 4.42 Å². The van der Waals surface area contributed by atoms with Gasteiger partial charge >= 0.3 is 0 Å². The van der Waals surface area contributed by atoms with E-state index < -0.39 is 0 Å². The summed E-state index contributed by atoms with van der Waals surface area (Å²) < 4.78 is 6.86. The van der Waals surface area contributed by atoms with Gasteiger partial charge in [-0.05, 0) is 30.3 Å². The first-order valence-electron chi connectivity index (χ1n) is 7.51. The molecule has 0 radical (unpaired) electrons. The average molecular weight is 347 g/mol. The number of furan rings is 1. The molecule has 0 N–H and O–H groups in total. The molecule has 122 valence electrons. The topological polar surface area (TPSA) is 60.4 Å². The Morgan fingerprint density at radius 3 is 3.04 bits per heavy atom. The second-order valence-electron chi connectivity index (χ2n) is 5.33. The van der Waals surface area contributed by atoms with Crippen molar-refractivity contribution in [1.82, 2.24) is 9.55 Å². The lowest BCUT2D eigenvalue weighted by molar-refractivity contribution is 0.616. The molecule has 25 heavy (non-hydrogen) atoms. The number of hydrogen-bond acceptors (Lipinski definition) is 5. The summed E-state index contributed by atoms with van der Waals surface area (Å²) in [5.74, 6) is 0. The Labute approximate surface area is 147 Å². The molecule has 3 aromatic rings. The van der Waals surface area contributed by atoms with Crippen LogP contribution in [-0.2, 0) is 0 Å². The summed E-state index contributed by atoms with van der Waals surface area (Å²) in [6, 6.07) is 7.42. The molecule has 1 aliphatic rings. The van der Waals surface area contributed by atoms with Crippen molar-refractivity contribution in [2.75, 3.05) is 0 Å². The summed E-state index contributed by atoms with van der Waals surface area (Å²) in [6.45, 7) is 7.60. The molecule has 6 heteroatoms. The second-order valence-corrected chi connectivity index (χ2v) is 6.33. The third-order valence-electron chi connectivity index (χ3n) is 3.80. The van der Waals surface area contributed by atoms with Crippen molar-refractivity contribution in [3.05, 3.63) is 84.4 Å². The Morgan fingerprint density at radius 2 is 2.20 bits per heavy atom. The Kier molecular flexibility index (Phi) is 3.74. The van der Waals surface area contributed by atoms with Gasteiger partial charge in [0.2, 0.25) is 0 Å². The molecule has 0 saturated heterocycles. The first kappa shape index (κ1) is 15.4. The van der Waals surface area contributed by atoms with Gasteiger partial charge in [-0.25, -0.2) is 9.98 Å². The maximum atomic E-state index is 12.9. The van der Waals surface area contributed by atoms with Crippen molar-refractivity contribution in [3.63, 3.8) is 0 Å². The average Bonchev–Trinajstić information content (AvgIpc) is 3.21. The van der Waals surface area contributed by atoms with E-state index in [1.807, 2.05) is 24.3 Å². The number of aromatic nitrogens is 2. The molecule has 2 aromatic heterocycles. The van der Waals surface area contributed by atoms with E-state index in [9.17, 15) is 4.79 Å². The number of nitrogens with zero attached hydrogens (tertiary/aromatic N) is 3. The maximum absolute atomic E-state index is 12.9. The minimum atomic E-state index is -0.142. The molecule has 0 saturated carbocycles. The molecular formula is C19H13N3O2S. The minimum absolute atomic E-state index is 0.142. The summed E-state index contributed by atoms with van der Waals surface area (Å²) in [4.78, 5) is 22.2. The first-order chi connectivity index (χ1) is 12.2. The molecular weight excluding hydrogens is 334 g/mol. The summed E-state index contributed by atoms with van der Waals surface area (Å²) >= 11 is 1.29. The molecule has 3 heterocycles. The maximum Gasteiger partial charge on any atom is 0.272 e. The number of aliphatic imine (C=N–C) groups is 1. The fraction of sp³-hybridized carbons (Fsp3) is 0. The van der Waals surface area contributed by atoms with Gasteiger partial charge < -0.3 is 4.42 Å². The molecule has 0 amide bonds. The summed E-state index contributed by atoms with van der Waals surface area (Å²) in [7, 11) is 0. The normalized spacial score (nSPS) is 15.4. The van der Waals surface area contributed by atoms with Crippen LogP contribution >= 0.6 is 11.8 Å². The second kappa shape index (κ2) is 6.07. The van der Waals surface area contributed by atoms with Gasteiger partial charge in [0.1, 0.15) is 21.8 Å². The fourth-order valence-electron chi connectivity index (χ4n) is 2.57.